The van der Waals surface area contributed by atoms with Crippen molar-refractivity contribution >= 4 is 11.4 Å². The van der Waals surface area contributed by atoms with Crippen molar-refractivity contribution in [2.75, 3.05) is 40.0 Å². The van der Waals surface area contributed by atoms with Gasteiger partial charge in [0.1, 0.15) is 12.4 Å². The van der Waals surface area contributed by atoms with Crippen molar-refractivity contribution in [2.45, 2.75) is 19.3 Å². The summed E-state index contributed by atoms with van der Waals surface area (Å²) in [6, 6.07) is 14.8. The molecule has 200 valence electrons. The zero-order valence-electron chi connectivity index (χ0n) is 21.2. The quantitative estimate of drug-likeness (QED) is 0.274. The van der Waals surface area contributed by atoms with Crippen LogP contribution >= 0.6 is 0 Å². The van der Waals surface area contributed by atoms with Crippen LogP contribution in [-0.4, -0.2) is 55.7 Å². The number of likely N-dealkylation sites (tertiary alicyclic amines) is 1. The number of ketones is 1. The summed E-state index contributed by atoms with van der Waals surface area (Å²) in [4.78, 5) is 14.0. The highest BCUT2D eigenvalue weighted by atomic mass is 19.2. The largest absolute Gasteiger partial charge is 0.493 e. The third kappa shape index (κ3) is 6.62. The average molecular weight is 526 g/mol. The summed E-state index contributed by atoms with van der Waals surface area (Å²) >= 11 is 0. The Bertz CT molecular complexity index is 1300. The molecule has 0 bridgehead atoms. The van der Waals surface area contributed by atoms with Gasteiger partial charge in [0.05, 0.1) is 13.7 Å². The van der Waals surface area contributed by atoms with E-state index in [1.165, 1.54) is 25.3 Å². The Hall–Kier alpha value is -3.62. The van der Waals surface area contributed by atoms with E-state index in [1.807, 2.05) is 0 Å². The predicted octanol–water partition coefficient (Wildman–Crippen LogP) is 5.65. The summed E-state index contributed by atoms with van der Waals surface area (Å²) in [7, 11) is 1.49. The van der Waals surface area contributed by atoms with E-state index in [0.717, 1.165) is 61.7 Å². The van der Waals surface area contributed by atoms with Crippen LogP contribution in [0.1, 0.15) is 40.7 Å². The van der Waals surface area contributed by atoms with Gasteiger partial charge < -0.3 is 19.5 Å². The Balaban J connectivity index is 1.38. The van der Waals surface area contributed by atoms with E-state index in [4.69, 9.17) is 14.6 Å². The second kappa shape index (κ2) is 12.8. The minimum absolute atomic E-state index is 0.354. The number of hydrogen-bond acceptors (Lipinski definition) is 5. The number of Topliss-reactive ketones (excluding diaryl/α,β-unsaturated/α-hetero) is 1. The van der Waals surface area contributed by atoms with Crippen molar-refractivity contribution in [3.63, 3.8) is 0 Å². The van der Waals surface area contributed by atoms with Crippen LogP contribution in [0.25, 0.3) is 5.57 Å². The van der Waals surface area contributed by atoms with Crippen molar-refractivity contribution in [2.24, 2.45) is 0 Å². The van der Waals surface area contributed by atoms with Crippen LogP contribution in [0.3, 0.4) is 0 Å². The van der Waals surface area contributed by atoms with Gasteiger partial charge in [-0.2, -0.15) is 0 Å². The molecule has 0 aromatic heterocycles. The monoisotopic (exact) mass is 525 g/mol. The van der Waals surface area contributed by atoms with Crippen molar-refractivity contribution in [1.29, 1.82) is 0 Å². The normalized spacial score (nSPS) is 13.9. The molecular weight excluding hydrogens is 495 g/mol. The summed E-state index contributed by atoms with van der Waals surface area (Å²) in [5.41, 5.74) is 3.65. The highest BCUT2D eigenvalue weighted by molar-refractivity contribution is 5.97. The molecule has 1 aliphatic rings. The van der Waals surface area contributed by atoms with Gasteiger partial charge in [0, 0.05) is 25.2 Å². The average Bonchev–Trinajstić information content (AvgIpc) is 2.94. The molecule has 1 aliphatic heterocycles. The number of benzene rings is 3. The third-order valence-electron chi connectivity index (χ3n) is 6.66. The zero-order chi connectivity index (χ0) is 27.1. The van der Waals surface area contributed by atoms with Gasteiger partial charge in [-0.05, 0) is 78.4 Å². The van der Waals surface area contributed by atoms with Crippen LogP contribution in [0.4, 0.5) is 13.2 Å². The summed E-state index contributed by atoms with van der Waals surface area (Å²) in [6.07, 6.45) is 2.27. The number of hydrogen-bond donors (Lipinski definition) is 1. The molecule has 1 heterocycles. The van der Waals surface area contributed by atoms with Gasteiger partial charge in [-0.3, -0.25) is 4.79 Å². The van der Waals surface area contributed by atoms with E-state index in [9.17, 15) is 18.0 Å². The maximum Gasteiger partial charge on any atom is 0.188 e. The SMILES string of the molecule is COc1cc(C(=O)CO)ccc1OCCCN1CCC(=C(c2ccc(F)cc2)c2ccc(F)c(F)c2)CC1. The maximum absolute atomic E-state index is 14.1. The first-order valence-corrected chi connectivity index (χ1v) is 12.5. The maximum atomic E-state index is 14.1. The number of piperidine rings is 1. The number of methoxy groups -OCH3 is 1. The standard InChI is InChI=1S/C30H30F3NO4/c1-37-29-18-22(27(36)19-35)6-10-28(29)38-16-2-13-34-14-11-21(12-15-34)30(20-3-7-24(31)8-4-20)23-5-9-25(32)26(33)17-23/h3-10,17-18,35H,2,11-16,19H2,1H3. The summed E-state index contributed by atoms with van der Waals surface area (Å²) in [5.74, 6) is -1.59. The first kappa shape index (κ1) is 27.4. The fourth-order valence-electron chi connectivity index (χ4n) is 4.66. The van der Waals surface area contributed by atoms with Crippen molar-refractivity contribution < 1.29 is 32.5 Å². The second-order valence-electron chi connectivity index (χ2n) is 9.10. The van der Waals surface area contributed by atoms with Crippen LogP contribution in [0.5, 0.6) is 11.5 Å². The van der Waals surface area contributed by atoms with Crippen LogP contribution in [0.15, 0.2) is 66.2 Å². The Kier molecular flexibility index (Phi) is 9.20. The van der Waals surface area contributed by atoms with E-state index in [0.29, 0.717) is 29.2 Å². The molecule has 8 heteroatoms. The fourth-order valence-corrected chi connectivity index (χ4v) is 4.66. The van der Waals surface area contributed by atoms with E-state index in [1.54, 1.807) is 36.4 Å². The molecule has 1 fully saturated rings. The Morgan fingerprint density at radius 3 is 2.21 bits per heavy atom. The van der Waals surface area contributed by atoms with Crippen molar-refractivity contribution in [3.05, 3.63) is 100 Å². The van der Waals surface area contributed by atoms with Gasteiger partial charge in [0.2, 0.25) is 0 Å². The minimum atomic E-state index is -0.911. The highest BCUT2D eigenvalue weighted by Gasteiger charge is 2.20. The summed E-state index contributed by atoms with van der Waals surface area (Å²) in [6.45, 7) is 2.30. The van der Waals surface area contributed by atoms with Crippen molar-refractivity contribution in [1.82, 2.24) is 4.90 Å². The summed E-state index contributed by atoms with van der Waals surface area (Å²) in [5, 5.41) is 9.04. The molecule has 0 unspecified atom stereocenters. The van der Waals surface area contributed by atoms with Gasteiger partial charge >= 0.3 is 0 Å². The van der Waals surface area contributed by atoms with Gasteiger partial charge in [-0.25, -0.2) is 13.2 Å². The number of ether oxygens (including phenoxy) is 2. The number of nitrogens with zero attached hydrogens (tertiary/aromatic N) is 1. The van der Waals surface area contributed by atoms with Gasteiger partial charge in [-0.1, -0.05) is 23.8 Å². The molecule has 0 radical (unpaired) electrons. The Labute approximate surface area is 220 Å². The van der Waals surface area contributed by atoms with E-state index in [2.05, 4.69) is 4.90 Å². The number of carbonyl (C=O) groups excluding carboxylic acids is 1. The van der Waals surface area contributed by atoms with Crippen LogP contribution in [0, 0.1) is 17.5 Å². The number of carbonyl (C=O) groups is 1. The number of halogens is 3. The smallest absolute Gasteiger partial charge is 0.188 e. The Morgan fingerprint density at radius 2 is 1.55 bits per heavy atom. The molecule has 38 heavy (non-hydrogen) atoms. The molecule has 1 N–H and O–H groups in total. The molecule has 1 saturated heterocycles. The van der Waals surface area contributed by atoms with Crippen LogP contribution in [-0.2, 0) is 0 Å². The summed E-state index contributed by atoms with van der Waals surface area (Å²) < 4.78 is 52.4. The van der Waals surface area contributed by atoms with Gasteiger partial charge in [0.15, 0.2) is 28.9 Å². The lowest BCUT2D eigenvalue weighted by molar-refractivity contribution is 0.0903. The predicted molar refractivity (Wildman–Crippen MR) is 139 cm³/mol. The molecule has 3 aromatic carbocycles. The molecule has 0 saturated carbocycles. The zero-order valence-corrected chi connectivity index (χ0v) is 21.2. The molecule has 0 atom stereocenters. The van der Waals surface area contributed by atoms with Crippen LogP contribution in [0.2, 0.25) is 0 Å². The van der Waals surface area contributed by atoms with Crippen molar-refractivity contribution in [3.8, 4) is 11.5 Å². The third-order valence-corrected chi connectivity index (χ3v) is 6.66. The lowest BCUT2D eigenvalue weighted by Gasteiger charge is -2.30. The fraction of sp³-hybridized carbons (Fsp3) is 0.300. The van der Waals surface area contributed by atoms with Crippen LogP contribution < -0.4 is 9.47 Å². The number of aliphatic hydroxyl groups is 1. The lowest BCUT2D eigenvalue weighted by atomic mass is 9.88. The van der Waals surface area contributed by atoms with E-state index < -0.39 is 18.2 Å². The molecule has 3 aromatic rings. The second-order valence-corrected chi connectivity index (χ2v) is 9.10. The van der Waals surface area contributed by atoms with E-state index >= 15 is 0 Å². The van der Waals surface area contributed by atoms with Gasteiger partial charge in [0.25, 0.3) is 0 Å². The lowest BCUT2D eigenvalue weighted by Crippen LogP contribution is -2.32. The number of aliphatic hydroxyl groups excluding tert-OH is 1. The highest BCUT2D eigenvalue weighted by Crippen LogP contribution is 2.33. The minimum Gasteiger partial charge on any atom is -0.493 e. The number of rotatable bonds is 10. The molecule has 4 rings (SSSR count). The molecule has 0 spiro atoms. The molecule has 0 amide bonds. The molecule has 5 nitrogen and oxygen atoms in total. The molecular formula is C30H30F3NO4. The first-order chi connectivity index (χ1) is 18.4. The Morgan fingerprint density at radius 1 is 0.868 bits per heavy atom. The molecule has 0 aliphatic carbocycles. The van der Waals surface area contributed by atoms with Gasteiger partial charge in [-0.15, -0.1) is 0 Å². The first-order valence-electron chi connectivity index (χ1n) is 12.5. The topological polar surface area (TPSA) is 59.0 Å². The van der Waals surface area contributed by atoms with E-state index in [-0.39, 0.29) is 11.6 Å².